The molecule has 1 saturated heterocycles. The number of carbonyl (C=O) groups excluding carboxylic acids is 2. The van der Waals surface area contributed by atoms with E-state index in [1.165, 1.54) is 4.90 Å². The fourth-order valence-corrected chi connectivity index (χ4v) is 3.73. The first kappa shape index (κ1) is 19.2. The van der Waals surface area contributed by atoms with Crippen molar-refractivity contribution < 1.29 is 19.1 Å². The molecule has 144 valence electrons. The highest BCUT2D eigenvalue weighted by molar-refractivity contribution is 5.88. The molecule has 0 radical (unpaired) electrons. The van der Waals surface area contributed by atoms with Gasteiger partial charge in [-0.2, -0.15) is 0 Å². The third-order valence-electron chi connectivity index (χ3n) is 5.00. The van der Waals surface area contributed by atoms with Crippen LogP contribution in [0.3, 0.4) is 0 Å². The molecular formula is C22H27NO4. The van der Waals surface area contributed by atoms with Gasteiger partial charge in [-0.15, -0.1) is 0 Å². The third-order valence-corrected chi connectivity index (χ3v) is 5.00. The SMILES string of the molecule is CC(C)OC(=O)C1C(C(C)C)OC(=O)N1C(C)c1cccc2ccccc12. The standard InChI is InChI=1S/C22H27NO4/c1-13(2)20-19(21(24)26-14(3)4)23(22(25)27-20)15(5)17-12-8-10-16-9-6-7-11-18(16)17/h6-15,19-20H,1-5H3. The minimum atomic E-state index is -0.756. The molecule has 5 nitrogen and oxygen atoms in total. The van der Waals surface area contributed by atoms with Gasteiger partial charge < -0.3 is 9.47 Å². The summed E-state index contributed by atoms with van der Waals surface area (Å²) < 4.78 is 11.0. The molecule has 0 bridgehead atoms. The van der Waals surface area contributed by atoms with Gasteiger partial charge in [0.25, 0.3) is 0 Å². The highest BCUT2D eigenvalue weighted by atomic mass is 16.6. The number of fused-ring (bicyclic) bond motifs is 1. The molecule has 0 aliphatic carbocycles. The molecule has 3 atom stereocenters. The van der Waals surface area contributed by atoms with Crippen LogP contribution < -0.4 is 0 Å². The number of nitrogens with zero attached hydrogens (tertiary/aromatic N) is 1. The van der Waals surface area contributed by atoms with Crippen LogP contribution in [0.5, 0.6) is 0 Å². The zero-order chi connectivity index (χ0) is 19.7. The summed E-state index contributed by atoms with van der Waals surface area (Å²) in [5.74, 6) is -0.412. The molecule has 1 fully saturated rings. The van der Waals surface area contributed by atoms with E-state index in [2.05, 4.69) is 0 Å². The van der Waals surface area contributed by atoms with Crippen LogP contribution in [-0.4, -0.2) is 35.2 Å². The van der Waals surface area contributed by atoms with Crippen molar-refractivity contribution in [3.63, 3.8) is 0 Å². The van der Waals surface area contributed by atoms with Crippen molar-refractivity contribution >= 4 is 22.8 Å². The minimum absolute atomic E-state index is 0.00313. The Bertz CT molecular complexity index is 840. The Kier molecular flexibility index (Phi) is 5.40. The Morgan fingerprint density at radius 3 is 2.37 bits per heavy atom. The molecule has 1 amide bonds. The van der Waals surface area contributed by atoms with E-state index in [0.717, 1.165) is 16.3 Å². The molecule has 3 unspecified atom stereocenters. The van der Waals surface area contributed by atoms with E-state index < -0.39 is 24.2 Å². The molecule has 3 rings (SSSR count). The lowest BCUT2D eigenvalue weighted by Gasteiger charge is -2.30. The molecule has 27 heavy (non-hydrogen) atoms. The first-order valence-corrected chi connectivity index (χ1v) is 9.48. The molecular weight excluding hydrogens is 342 g/mol. The fraction of sp³-hybridized carbons (Fsp3) is 0.455. The number of benzene rings is 2. The van der Waals surface area contributed by atoms with Gasteiger partial charge in [0.05, 0.1) is 12.1 Å². The quantitative estimate of drug-likeness (QED) is 0.717. The van der Waals surface area contributed by atoms with Crippen LogP contribution in [0.4, 0.5) is 4.79 Å². The predicted molar refractivity (Wildman–Crippen MR) is 104 cm³/mol. The minimum Gasteiger partial charge on any atom is -0.461 e. The van der Waals surface area contributed by atoms with E-state index in [4.69, 9.17) is 9.47 Å². The number of hydrogen-bond acceptors (Lipinski definition) is 4. The normalized spacial score (nSPS) is 21.0. The fourth-order valence-electron chi connectivity index (χ4n) is 3.73. The Hall–Kier alpha value is -2.56. The molecule has 1 aliphatic rings. The Morgan fingerprint density at radius 1 is 1.04 bits per heavy atom. The maximum Gasteiger partial charge on any atom is 0.411 e. The summed E-state index contributed by atoms with van der Waals surface area (Å²) in [6, 6.07) is 13.0. The first-order valence-electron chi connectivity index (χ1n) is 9.48. The number of rotatable bonds is 5. The average molecular weight is 369 g/mol. The summed E-state index contributed by atoms with van der Waals surface area (Å²) in [6.45, 7) is 9.43. The molecule has 0 saturated carbocycles. The van der Waals surface area contributed by atoms with Crippen molar-refractivity contribution in [3.8, 4) is 0 Å². The van der Waals surface area contributed by atoms with Crippen molar-refractivity contribution in [3.05, 3.63) is 48.0 Å². The van der Waals surface area contributed by atoms with Gasteiger partial charge >= 0.3 is 12.1 Å². The molecule has 5 heteroatoms. The predicted octanol–water partition coefficient (Wildman–Crippen LogP) is 4.70. The molecule has 1 heterocycles. The third kappa shape index (κ3) is 3.64. The van der Waals surface area contributed by atoms with Crippen molar-refractivity contribution in [2.45, 2.75) is 58.9 Å². The van der Waals surface area contributed by atoms with Crippen molar-refractivity contribution in [2.75, 3.05) is 0 Å². The van der Waals surface area contributed by atoms with Crippen LogP contribution in [0, 0.1) is 5.92 Å². The van der Waals surface area contributed by atoms with E-state index in [1.54, 1.807) is 13.8 Å². The van der Waals surface area contributed by atoms with E-state index in [9.17, 15) is 9.59 Å². The van der Waals surface area contributed by atoms with Crippen LogP contribution in [-0.2, 0) is 14.3 Å². The molecule has 2 aromatic carbocycles. The van der Waals surface area contributed by atoms with E-state index in [0.29, 0.717) is 0 Å². The summed E-state index contributed by atoms with van der Waals surface area (Å²) in [5.41, 5.74) is 0.983. The lowest BCUT2D eigenvalue weighted by atomic mass is 9.95. The van der Waals surface area contributed by atoms with Crippen molar-refractivity contribution in [1.82, 2.24) is 4.90 Å². The maximum absolute atomic E-state index is 12.8. The topological polar surface area (TPSA) is 55.8 Å². The summed E-state index contributed by atoms with van der Waals surface area (Å²) in [7, 11) is 0. The monoisotopic (exact) mass is 369 g/mol. The second-order valence-corrected chi connectivity index (χ2v) is 7.67. The number of carbonyl (C=O) groups is 2. The highest BCUT2D eigenvalue weighted by Crippen LogP contribution is 2.36. The van der Waals surface area contributed by atoms with Crippen molar-refractivity contribution in [2.24, 2.45) is 5.92 Å². The average Bonchev–Trinajstić information content (AvgIpc) is 2.97. The molecule has 1 aliphatic heterocycles. The van der Waals surface area contributed by atoms with Crippen LogP contribution >= 0.6 is 0 Å². The van der Waals surface area contributed by atoms with Crippen molar-refractivity contribution in [1.29, 1.82) is 0 Å². The number of ether oxygens (including phenoxy) is 2. The lowest BCUT2D eigenvalue weighted by Crippen LogP contribution is -2.47. The first-order chi connectivity index (χ1) is 12.8. The van der Waals surface area contributed by atoms with Gasteiger partial charge in [0.1, 0.15) is 6.10 Å². The summed E-state index contributed by atoms with van der Waals surface area (Å²) >= 11 is 0. The zero-order valence-electron chi connectivity index (χ0n) is 16.5. The highest BCUT2D eigenvalue weighted by Gasteiger charge is 2.50. The zero-order valence-corrected chi connectivity index (χ0v) is 16.5. The maximum atomic E-state index is 12.8. The van der Waals surface area contributed by atoms with Gasteiger partial charge in [0, 0.05) is 0 Å². The Balaban J connectivity index is 2.03. The van der Waals surface area contributed by atoms with Gasteiger partial charge in [-0.05, 0) is 43.0 Å². The summed E-state index contributed by atoms with van der Waals surface area (Å²) in [4.78, 5) is 27.1. The smallest absolute Gasteiger partial charge is 0.411 e. The molecule has 2 aromatic rings. The number of cyclic esters (lactones) is 1. The van der Waals surface area contributed by atoms with Crippen LogP contribution in [0.15, 0.2) is 42.5 Å². The summed E-state index contributed by atoms with van der Waals surface area (Å²) in [5, 5.41) is 2.15. The molecule has 0 aromatic heterocycles. The molecule has 0 spiro atoms. The van der Waals surface area contributed by atoms with Gasteiger partial charge in [-0.1, -0.05) is 56.3 Å². The number of esters is 1. The number of hydrogen-bond donors (Lipinski definition) is 0. The second kappa shape index (κ2) is 7.59. The Labute approximate surface area is 160 Å². The Morgan fingerprint density at radius 2 is 1.70 bits per heavy atom. The van der Waals surface area contributed by atoms with Gasteiger partial charge in [-0.3, -0.25) is 4.90 Å². The largest absolute Gasteiger partial charge is 0.461 e. The summed E-state index contributed by atoms with van der Waals surface area (Å²) in [6.07, 6.45) is -1.25. The van der Waals surface area contributed by atoms with Gasteiger partial charge in [0.15, 0.2) is 6.04 Å². The van der Waals surface area contributed by atoms with E-state index in [-0.39, 0.29) is 18.1 Å². The van der Waals surface area contributed by atoms with Crippen LogP contribution in [0.1, 0.15) is 46.2 Å². The van der Waals surface area contributed by atoms with Gasteiger partial charge in [-0.25, -0.2) is 9.59 Å². The van der Waals surface area contributed by atoms with Gasteiger partial charge in [0.2, 0.25) is 0 Å². The van der Waals surface area contributed by atoms with Crippen LogP contribution in [0.25, 0.3) is 10.8 Å². The van der Waals surface area contributed by atoms with Crippen LogP contribution in [0.2, 0.25) is 0 Å². The second-order valence-electron chi connectivity index (χ2n) is 7.67. The van der Waals surface area contributed by atoms with E-state index >= 15 is 0 Å². The lowest BCUT2D eigenvalue weighted by molar-refractivity contribution is -0.154. The number of amides is 1. The molecule has 0 N–H and O–H groups in total. The van der Waals surface area contributed by atoms with E-state index in [1.807, 2.05) is 63.2 Å².